The zero-order valence-electron chi connectivity index (χ0n) is 16.5. The average molecular weight is 385 g/mol. The van der Waals surface area contributed by atoms with Crippen LogP contribution in [0.3, 0.4) is 0 Å². The molecule has 0 aromatic heterocycles. The van der Waals surface area contributed by atoms with Gasteiger partial charge in [-0.2, -0.15) is 0 Å². The number of aliphatic hydroxyl groups excluding tert-OH is 1. The van der Waals surface area contributed by atoms with Crippen LogP contribution in [0.4, 0.5) is 0 Å². The van der Waals surface area contributed by atoms with Crippen molar-refractivity contribution in [2.75, 3.05) is 6.61 Å². The Balaban J connectivity index is 0. The molecule has 6 heteroatoms. The molecule has 0 saturated carbocycles. The molecule has 0 fully saturated rings. The number of thioether (sulfide) groups is 1. The van der Waals surface area contributed by atoms with E-state index in [9.17, 15) is 9.90 Å². The number of aliphatic hydroxyl groups is 1. The minimum atomic E-state index is -1.07. The highest BCUT2D eigenvalue weighted by atomic mass is 32.2. The van der Waals surface area contributed by atoms with Gasteiger partial charge in [-0.15, -0.1) is 11.8 Å². The van der Waals surface area contributed by atoms with E-state index in [-0.39, 0.29) is 5.25 Å². The molecule has 1 N–H and O–H groups in total. The number of hydrogen-bond acceptors (Lipinski definition) is 6. The summed E-state index contributed by atoms with van der Waals surface area (Å²) in [5, 5.41) is 11.6. The molecule has 0 amide bonds. The third-order valence-corrected chi connectivity index (χ3v) is 4.05. The Morgan fingerprint density at radius 3 is 2.58 bits per heavy atom. The third-order valence-electron chi connectivity index (χ3n) is 2.94. The molecule has 0 aliphatic carbocycles. The Kier molecular flexibility index (Phi) is 16.9. The molecule has 26 heavy (non-hydrogen) atoms. The summed E-state index contributed by atoms with van der Waals surface area (Å²) >= 11 is 1.53. The van der Waals surface area contributed by atoms with Gasteiger partial charge in [0.25, 0.3) is 0 Å². The van der Waals surface area contributed by atoms with Gasteiger partial charge in [0, 0.05) is 5.25 Å². The van der Waals surface area contributed by atoms with Crippen LogP contribution in [0.15, 0.2) is 47.1 Å². The summed E-state index contributed by atoms with van der Waals surface area (Å²) in [6, 6.07) is 0. The Hall–Kier alpha value is -1.79. The number of carbonyl (C=O) groups excluding carboxylic acids is 2. The van der Waals surface area contributed by atoms with E-state index in [2.05, 4.69) is 6.58 Å². The van der Waals surface area contributed by atoms with Gasteiger partial charge in [-0.3, -0.25) is 0 Å². The molecule has 2 atom stereocenters. The van der Waals surface area contributed by atoms with Crippen molar-refractivity contribution in [3.05, 3.63) is 47.1 Å². The van der Waals surface area contributed by atoms with Gasteiger partial charge in [0.2, 0.25) is 6.29 Å². The van der Waals surface area contributed by atoms with Gasteiger partial charge in [0.15, 0.2) is 0 Å². The lowest BCUT2D eigenvalue weighted by atomic mass is 10.1. The van der Waals surface area contributed by atoms with Gasteiger partial charge in [0.05, 0.1) is 18.4 Å². The van der Waals surface area contributed by atoms with Gasteiger partial charge < -0.3 is 19.4 Å². The molecule has 0 aromatic rings. The van der Waals surface area contributed by atoms with Gasteiger partial charge in [-0.1, -0.05) is 37.6 Å². The minimum absolute atomic E-state index is 0.0755. The van der Waals surface area contributed by atoms with Crippen molar-refractivity contribution in [2.45, 2.75) is 59.0 Å². The number of ether oxygens (including phenoxy) is 2. The fourth-order valence-corrected chi connectivity index (χ4v) is 2.88. The fourth-order valence-electron chi connectivity index (χ4n) is 1.86. The van der Waals surface area contributed by atoms with Crippen LogP contribution in [-0.4, -0.2) is 36.0 Å². The molecule has 2 unspecified atom stereocenters. The highest BCUT2D eigenvalue weighted by Crippen LogP contribution is 2.31. The maximum atomic E-state index is 12.1. The van der Waals surface area contributed by atoms with Crippen molar-refractivity contribution >= 4 is 24.5 Å². The van der Waals surface area contributed by atoms with Crippen LogP contribution in [0.25, 0.3) is 0 Å². The van der Waals surface area contributed by atoms with Crippen LogP contribution in [0.5, 0.6) is 0 Å². The zero-order chi connectivity index (χ0) is 20.5. The normalized spacial score (nSPS) is 17.4. The molecule has 5 nitrogen and oxygen atoms in total. The number of allylic oxidation sites excluding steroid dienone is 3. The van der Waals surface area contributed by atoms with E-state index in [1.807, 2.05) is 46.0 Å². The largest absolute Gasteiger partial charge is 0.468 e. The summed E-state index contributed by atoms with van der Waals surface area (Å²) in [6.07, 6.45) is 5.34. The maximum Gasteiger partial charge on any atom is 0.338 e. The monoisotopic (exact) mass is 384 g/mol. The lowest BCUT2D eigenvalue weighted by Crippen LogP contribution is -2.19. The van der Waals surface area contributed by atoms with E-state index >= 15 is 0 Å². The zero-order valence-corrected chi connectivity index (χ0v) is 17.3. The van der Waals surface area contributed by atoms with Crippen LogP contribution < -0.4 is 0 Å². The number of esters is 1. The van der Waals surface area contributed by atoms with Crippen LogP contribution in [0.2, 0.25) is 0 Å². The second-order valence-corrected chi connectivity index (χ2v) is 6.30. The lowest BCUT2D eigenvalue weighted by Gasteiger charge is -2.17. The van der Waals surface area contributed by atoms with E-state index in [4.69, 9.17) is 14.3 Å². The topological polar surface area (TPSA) is 72.8 Å². The first-order valence-corrected chi connectivity index (χ1v) is 9.52. The Morgan fingerprint density at radius 1 is 1.42 bits per heavy atom. The summed E-state index contributed by atoms with van der Waals surface area (Å²) in [4.78, 5) is 20.1. The van der Waals surface area contributed by atoms with E-state index < -0.39 is 12.3 Å². The molecule has 0 bridgehead atoms. The Labute approximate surface area is 161 Å². The molecule has 148 valence electrons. The summed E-state index contributed by atoms with van der Waals surface area (Å²) in [6.45, 7) is 15.7. The van der Waals surface area contributed by atoms with Crippen molar-refractivity contribution in [3.8, 4) is 0 Å². The Bertz CT molecular complexity index is 504. The van der Waals surface area contributed by atoms with E-state index in [1.54, 1.807) is 13.0 Å². The molecule has 0 saturated heterocycles. The molecule has 0 radical (unpaired) electrons. The van der Waals surface area contributed by atoms with Crippen LogP contribution in [0, 0.1) is 0 Å². The predicted molar refractivity (Wildman–Crippen MR) is 109 cm³/mol. The highest BCUT2D eigenvalue weighted by Gasteiger charge is 2.24. The van der Waals surface area contributed by atoms with E-state index in [1.165, 1.54) is 18.0 Å². The van der Waals surface area contributed by atoms with Gasteiger partial charge in [-0.25, -0.2) is 4.79 Å². The lowest BCUT2D eigenvalue weighted by molar-refractivity contribution is -0.139. The van der Waals surface area contributed by atoms with Crippen molar-refractivity contribution in [1.29, 1.82) is 0 Å². The van der Waals surface area contributed by atoms with E-state index in [0.717, 1.165) is 24.0 Å². The summed E-state index contributed by atoms with van der Waals surface area (Å²) < 4.78 is 10.4. The van der Waals surface area contributed by atoms with Crippen LogP contribution in [-0.2, 0) is 19.1 Å². The van der Waals surface area contributed by atoms with Crippen molar-refractivity contribution in [2.24, 2.45) is 0 Å². The van der Waals surface area contributed by atoms with Crippen molar-refractivity contribution in [3.63, 3.8) is 0 Å². The number of hydrogen-bond donors (Lipinski definition) is 1. The molecular formula is C20H32O5S. The summed E-state index contributed by atoms with van der Waals surface area (Å²) in [5.41, 5.74) is 2.39. The molecular weight excluding hydrogens is 352 g/mol. The third kappa shape index (κ3) is 11.7. The highest BCUT2D eigenvalue weighted by molar-refractivity contribution is 8.03. The minimum Gasteiger partial charge on any atom is -0.468 e. The van der Waals surface area contributed by atoms with Crippen molar-refractivity contribution < 1.29 is 24.2 Å². The second-order valence-electron chi connectivity index (χ2n) is 5.19. The second kappa shape index (κ2) is 16.7. The van der Waals surface area contributed by atoms with Gasteiger partial charge in [-0.05, 0) is 45.1 Å². The predicted octanol–water partition coefficient (Wildman–Crippen LogP) is 4.54. The summed E-state index contributed by atoms with van der Waals surface area (Å²) in [7, 11) is 0. The smallest absolute Gasteiger partial charge is 0.338 e. The first-order chi connectivity index (χ1) is 12.4. The molecule has 1 aliphatic heterocycles. The first kappa shape index (κ1) is 26.4. The van der Waals surface area contributed by atoms with E-state index in [0.29, 0.717) is 12.2 Å². The molecule has 1 heterocycles. The van der Waals surface area contributed by atoms with Crippen LogP contribution >= 0.6 is 11.8 Å². The first-order valence-electron chi connectivity index (χ1n) is 8.58. The molecule has 1 aliphatic rings. The average Bonchev–Trinajstić information content (AvgIpc) is 2.83. The number of carbonyl (C=O) groups is 2. The van der Waals surface area contributed by atoms with Gasteiger partial charge >= 0.3 is 5.97 Å². The standard InChI is InChI=1S/C17H24O4S.C2H6.CH2O/c1-5-20-17(19)14(11-21-16(18)10-12(2)3)15-7-6-13(4)8-9-22-15;2*1-2/h8-11,15-16,18H,4-7H2,1-3H3;1-2H3;1H2/b14-11+;;. The summed E-state index contributed by atoms with van der Waals surface area (Å²) in [5.74, 6) is -0.412. The quantitative estimate of drug-likeness (QED) is 0.238. The molecule has 0 spiro atoms. The molecule has 1 rings (SSSR count). The van der Waals surface area contributed by atoms with Crippen LogP contribution in [0.1, 0.15) is 47.5 Å². The Morgan fingerprint density at radius 2 is 2.04 bits per heavy atom. The SMILES string of the molecule is C=C1C=CSC(/C(=C\OC(O)C=C(C)C)C(=O)OCC)CC1.C=O.CC. The maximum absolute atomic E-state index is 12.1. The van der Waals surface area contributed by atoms with Gasteiger partial charge in [0.1, 0.15) is 6.79 Å². The molecule has 0 aromatic carbocycles. The fraction of sp³-hybridized carbons (Fsp3) is 0.500. The van der Waals surface area contributed by atoms with Crippen molar-refractivity contribution in [1.82, 2.24) is 0 Å². The number of rotatable bonds is 6.